The maximum atomic E-state index is 11.9. The van der Waals surface area contributed by atoms with Gasteiger partial charge in [-0.1, -0.05) is 35.3 Å². The Balaban J connectivity index is 0.00000200. The van der Waals surface area contributed by atoms with Gasteiger partial charge in [0.25, 0.3) is 0 Å². The third-order valence-corrected chi connectivity index (χ3v) is 3.22. The molecule has 1 heterocycles. The van der Waals surface area contributed by atoms with Gasteiger partial charge >= 0.3 is 0 Å². The van der Waals surface area contributed by atoms with Gasteiger partial charge in [-0.05, 0) is 24.1 Å². The number of hydrogen-bond acceptors (Lipinski definition) is 2. The molecule has 2 rings (SSSR count). The molecule has 0 unspecified atom stereocenters. The molecule has 0 aliphatic carbocycles. The quantitative estimate of drug-likeness (QED) is 0.782. The van der Waals surface area contributed by atoms with E-state index in [1.807, 2.05) is 19.1 Å². The summed E-state index contributed by atoms with van der Waals surface area (Å²) >= 11 is 6.25. The van der Waals surface area contributed by atoms with Crippen molar-refractivity contribution in [2.45, 2.75) is 13.8 Å². The fourth-order valence-electron chi connectivity index (χ4n) is 1.90. The van der Waals surface area contributed by atoms with Crippen LogP contribution in [0.15, 0.2) is 29.1 Å². The van der Waals surface area contributed by atoms with Gasteiger partial charge in [-0.3, -0.25) is 4.79 Å². The number of ether oxygens (including phenoxy) is 1. The van der Waals surface area contributed by atoms with Crippen molar-refractivity contribution in [1.29, 1.82) is 0 Å². The number of benzene rings is 1. The fourth-order valence-corrected chi connectivity index (χ4v) is 2.16. The molecule has 1 radical (unpaired) electrons. The predicted octanol–water partition coefficient (Wildman–Crippen LogP) is 3.21. The van der Waals surface area contributed by atoms with Gasteiger partial charge in [0.2, 0.25) is 0 Å². The van der Waals surface area contributed by atoms with Crippen molar-refractivity contribution < 1.29 is 37.4 Å². The van der Waals surface area contributed by atoms with Gasteiger partial charge in [0.1, 0.15) is 5.75 Å². The third-order valence-electron chi connectivity index (χ3n) is 2.91. The second-order valence-electron chi connectivity index (χ2n) is 4.26. The molecular formula is C15H15ClNO2Y-. The van der Waals surface area contributed by atoms with Crippen LogP contribution in [0.4, 0.5) is 0 Å². The van der Waals surface area contributed by atoms with Crippen molar-refractivity contribution in [1.82, 2.24) is 4.57 Å². The topological polar surface area (TPSA) is 31.2 Å². The van der Waals surface area contributed by atoms with Gasteiger partial charge in [0.05, 0.1) is 6.61 Å². The van der Waals surface area contributed by atoms with E-state index >= 15 is 0 Å². The Morgan fingerprint density at radius 1 is 1.40 bits per heavy atom. The van der Waals surface area contributed by atoms with E-state index in [0.29, 0.717) is 28.6 Å². The Bertz CT molecular complexity index is 667. The second-order valence-corrected chi connectivity index (χ2v) is 4.67. The Morgan fingerprint density at radius 3 is 2.70 bits per heavy atom. The number of aryl methyl sites for hydroxylation is 1. The van der Waals surface area contributed by atoms with Crippen LogP contribution >= 0.6 is 11.6 Å². The van der Waals surface area contributed by atoms with Crippen molar-refractivity contribution in [3.05, 3.63) is 51.3 Å². The molecule has 0 fully saturated rings. The standard InChI is InChI=1S/C15H15ClNO2.Y/c1-4-19-11-6-7-12(13(16)9-11)14-8-5-10(2)15(18)17(14)3;/h5-7,9H,4H2,1-3H3;/q-1;. The molecule has 0 bridgehead atoms. The molecule has 1 aromatic carbocycles. The van der Waals surface area contributed by atoms with E-state index in [-0.39, 0.29) is 38.3 Å². The van der Waals surface area contributed by atoms with E-state index in [4.69, 9.17) is 16.3 Å². The average molecular weight is 366 g/mol. The zero-order valence-corrected chi connectivity index (χ0v) is 15.3. The van der Waals surface area contributed by atoms with E-state index in [0.717, 1.165) is 5.56 Å². The minimum atomic E-state index is -0.0429. The Morgan fingerprint density at radius 2 is 2.10 bits per heavy atom. The third kappa shape index (κ3) is 3.52. The number of aromatic nitrogens is 1. The molecule has 0 saturated carbocycles. The predicted molar refractivity (Wildman–Crippen MR) is 76.9 cm³/mol. The summed E-state index contributed by atoms with van der Waals surface area (Å²) in [7, 11) is 1.72. The zero-order valence-electron chi connectivity index (χ0n) is 11.7. The molecule has 2 aromatic rings. The van der Waals surface area contributed by atoms with Crippen LogP contribution in [0.5, 0.6) is 5.75 Å². The summed E-state index contributed by atoms with van der Waals surface area (Å²) in [5, 5.41) is 0.543. The van der Waals surface area contributed by atoms with Gasteiger partial charge in [0.15, 0.2) is 5.56 Å². The first kappa shape index (κ1) is 17.4. The maximum Gasteiger partial charge on any atom is 0.197 e. The van der Waals surface area contributed by atoms with Gasteiger partial charge < -0.3 is 9.30 Å². The molecule has 5 heteroatoms. The number of rotatable bonds is 3. The van der Waals surface area contributed by atoms with Crippen molar-refractivity contribution in [2.75, 3.05) is 6.61 Å². The number of nitrogens with zero attached hydrogens (tertiary/aromatic N) is 1. The van der Waals surface area contributed by atoms with E-state index in [1.54, 1.807) is 30.7 Å². The number of pyridine rings is 1. The Labute approximate surface area is 148 Å². The molecule has 0 atom stereocenters. The van der Waals surface area contributed by atoms with Crippen molar-refractivity contribution in [3.63, 3.8) is 0 Å². The summed E-state index contributed by atoms with van der Waals surface area (Å²) in [6, 6.07) is 10.2. The number of halogens is 1. The first-order valence-corrected chi connectivity index (χ1v) is 6.43. The van der Waals surface area contributed by atoms with E-state index in [9.17, 15) is 4.79 Å². The first-order chi connectivity index (χ1) is 9.04. The van der Waals surface area contributed by atoms with Crippen LogP contribution in [0.25, 0.3) is 11.3 Å². The van der Waals surface area contributed by atoms with Crippen LogP contribution in [-0.4, -0.2) is 11.2 Å². The van der Waals surface area contributed by atoms with E-state index in [2.05, 4.69) is 6.07 Å². The first-order valence-electron chi connectivity index (χ1n) is 6.05. The van der Waals surface area contributed by atoms with Crippen LogP contribution in [0.3, 0.4) is 0 Å². The molecular weight excluding hydrogens is 351 g/mol. The molecule has 3 nitrogen and oxygen atoms in total. The molecule has 0 amide bonds. The van der Waals surface area contributed by atoms with Crippen molar-refractivity contribution in [2.24, 2.45) is 7.05 Å². The van der Waals surface area contributed by atoms with E-state index in [1.165, 1.54) is 0 Å². The van der Waals surface area contributed by atoms with Crippen LogP contribution in [-0.2, 0) is 39.8 Å². The largest absolute Gasteiger partial charge is 0.494 e. The Kier molecular flexibility index (Phi) is 6.44. The molecule has 103 valence electrons. The summed E-state index contributed by atoms with van der Waals surface area (Å²) in [5.74, 6) is 0.716. The maximum absolute atomic E-state index is 11.9. The van der Waals surface area contributed by atoms with E-state index < -0.39 is 0 Å². The molecule has 0 aliphatic rings. The van der Waals surface area contributed by atoms with Gasteiger partial charge in [-0.15, -0.1) is 6.07 Å². The SMILES string of the molecule is CCOc1ccc(-c2[c-]cc(C)c(=O)n2C)c(Cl)c1.[Y]. The monoisotopic (exact) mass is 365 g/mol. The van der Waals surface area contributed by atoms with Crippen LogP contribution in [0.2, 0.25) is 5.02 Å². The van der Waals surface area contributed by atoms with Crippen LogP contribution < -0.4 is 10.3 Å². The fraction of sp³-hybridized carbons (Fsp3) is 0.267. The normalized spacial score (nSPS) is 10.0. The zero-order chi connectivity index (χ0) is 14.0. The van der Waals surface area contributed by atoms with Gasteiger partial charge in [-0.25, -0.2) is 0 Å². The van der Waals surface area contributed by atoms with Crippen molar-refractivity contribution >= 4 is 11.6 Å². The molecule has 0 N–H and O–H groups in total. The Hall–Kier alpha value is -0.636. The molecule has 0 spiro atoms. The molecule has 20 heavy (non-hydrogen) atoms. The summed E-state index contributed by atoms with van der Waals surface area (Å²) in [6.07, 6.45) is 0. The second kappa shape index (κ2) is 7.39. The van der Waals surface area contributed by atoms with Crippen LogP contribution in [0.1, 0.15) is 12.5 Å². The number of hydrogen-bond donors (Lipinski definition) is 0. The summed E-state index contributed by atoms with van der Waals surface area (Å²) < 4.78 is 6.94. The molecule has 0 aliphatic heterocycles. The van der Waals surface area contributed by atoms with Crippen molar-refractivity contribution in [3.8, 4) is 17.0 Å². The average Bonchev–Trinajstić information content (AvgIpc) is 2.38. The molecule has 1 aromatic heterocycles. The van der Waals surface area contributed by atoms with Gasteiger partial charge in [0, 0.05) is 39.8 Å². The van der Waals surface area contributed by atoms with Gasteiger partial charge in [-0.2, -0.15) is 12.1 Å². The smallest absolute Gasteiger partial charge is 0.197 e. The van der Waals surface area contributed by atoms with Crippen LogP contribution in [0, 0.1) is 13.0 Å². The summed E-state index contributed by atoms with van der Waals surface area (Å²) in [5.41, 5.74) is 2.06. The summed E-state index contributed by atoms with van der Waals surface area (Å²) in [6.45, 7) is 4.27. The summed E-state index contributed by atoms with van der Waals surface area (Å²) in [4.78, 5) is 11.9. The molecule has 0 saturated heterocycles. The minimum absolute atomic E-state index is 0. The minimum Gasteiger partial charge on any atom is -0.494 e.